The second-order valence-corrected chi connectivity index (χ2v) is 12.0. The molecule has 2 unspecified atom stereocenters. The van der Waals surface area contributed by atoms with Crippen LogP contribution in [0.25, 0.3) is 0 Å². The summed E-state index contributed by atoms with van der Waals surface area (Å²) in [4.78, 5) is 37.9. The lowest BCUT2D eigenvalue weighted by molar-refractivity contribution is -0.143. The summed E-state index contributed by atoms with van der Waals surface area (Å²) < 4.78 is 34.2. The van der Waals surface area contributed by atoms with E-state index in [2.05, 4.69) is 10.4 Å². The van der Waals surface area contributed by atoms with Crippen LogP contribution < -0.4 is 5.32 Å². The van der Waals surface area contributed by atoms with Crippen molar-refractivity contribution in [2.45, 2.75) is 56.9 Å². The molecule has 2 atom stereocenters. The third-order valence-corrected chi connectivity index (χ3v) is 8.76. The van der Waals surface area contributed by atoms with Gasteiger partial charge in [-0.1, -0.05) is 54.6 Å². The first kappa shape index (κ1) is 29.5. The standard InChI is InChI=1S/C34H33F2N3O5/c35-34(36)14-13-26(19-34)29(30(41)37-27-8-4-5-23(17-27)18-33(15-16-33)32(42)43)24-11-9-22(10-12-24)20-39-28(40)21-44-31(38-39)25-6-2-1-3-7-25/h1-12,17,26,29H,13-16,18-21H2,(H,37,41)(H,42,43). The predicted octanol–water partition coefficient (Wildman–Crippen LogP) is 5.97. The minimum absolute atomic E-state index is 0.136. The maximum atomic E-state index is 14.3. The zero-order valence-electron chi connectivity index (χ0n) is 24.0. The predicted molar refractivity (Wildman–Crippen MR) is 159 cm³/mol. The minimum Gasteiger partial charge on any atom is -0.481 e. The summed E-state index contributed by atoms with van der Waals surface area (Å²) in [6.07, 6.45) is 1.17. The van der Waals surface area contributed by atoms with E-state index in [9.17, 15) is 28.3 Å². The van der Waals surface area contributed by atoms with E-state index in [1.165, 1.54) is 5.01 Å². The van der Waals surface area contributed by atoms with Gasteiger partial charge in [-0.25, -0.2) is 13.8 Å². The topological polar surface area (TPSA) is 108 Å². The average molecular weight is 602 g/mol. The number of carboxylic acid groups (broad SMARTS) is 1. The highest BCUT2D eigenvalue weighted by Crippen LogP contribution is 2.49. The molecule has 0 radical (unpaired) electrons. The molecule has 3 aromatic carbocycles. The maximum Gasteiger partial charge on any atom is 0.309 e. The van der Waals surface area contributed by atoms with E-state index >= 15 is 0 Å². The van der Waals surface area contributed by atoms with Crippen LogP contribution >= 0.6 is 0 Å². The number of carbonyl (C=O) groups is 3. The fourth-order valence-electron chi connectivity index (χ4n) is 6.14. The van der Waals surface area contributed by atoms with Crippen molar-refractivity contribution in [1.82, 2.24) is 5.01 Å². The lowest BCUT2D eigenvalue weighted by Gasteiger charge is -2.25. The number of amides is 2. The zero-order chi connectivity index (χ0) is 30.9. The smallest absolute Gasteiger partial charge is 0.309 e. The van der Waals surface area contributed by atoms with Crippen LogP contribution in [0.1, 0.15) is 60.3 Å². The molecule has 3 aliphatic rings. The van der Waals surface area contributed by atoms with Crippen LogP contribution in [0.5, 0.6) is 0 Å². The first-order valence-corrected chi connectivity index (χ1v) is 14.8. The quantitative estimate of drug-likeness (QED) is 0.298. The lowest BCUT2D eigenvalue weighted by Crippen LogP contribution is -2.36. The molecule has 1 aliphatic heterocycles. The van der Waals surface area contributed by atoms with Crippen molar-refractivity contribution < 1.29 is 33.0 Å². The van der Waals surface area contributed by atoms with E-state index in [1.807, 2.05) is 36.4 Å². The first-order chi connectivity index (χ1) is 21.1. The maximum absolute atomic E-state index is 14.3. The second-order valence-electron chi connectivity index (χ2n) is 12.0. The molecule has 44 heavy (non-hydrogen) atoms. The van der Waals surface area contributed by atoms with Crippen molar-refractivity contribution in [3.63, 3.8) is 0 Å². The SMILES string of the molecule is O=C(Nc1cccc(CC2(C(=O)O)CC2)c1)C(c1ccc(CN2N=C(c3ccccc3)OCC2=O)cc1)C1CCC(F)(F)C1. The highest BCUT2D eigenvalue weighted by atomic mass is 19.3. The average Bonchev–Trinajstić information content (AvgIpc) is 3.71. The van der Waals surface area contributed by atoms with E-state index in [1.54, 1.807) is 42.5 Å². The molecular weight excluding hydrogens is 568 g/mol. The number of alkyl halides is 2. The second kappa shape index (κ2) is 11.8. The number of halogens is 2. The highest BCUT2D eigenvalue weighted by molar-refractivity contribution is 5.98. The van der Waals surface area contributed by atoms with Gasteiger partial charge < -0.3 is 15.2 Å². The molecule has 2 N–H and O–H groups in total. The van der Waals surface area contributed by atoms with Gasteiger partial charge in [0, 0.05) is 24.1 Å². The molecule has 10 heteroatoms. The molecule has 0 spiro atoms. The molecule has 0 saturated heterocycles. The summed E-state index contributed by atoms with van der Waals surface area (Å²) >= 11 is 0. The van der Waals surface area contributed by atoms with Crippen LogP contribution in [0.4, 0.5) is 14.5 Å². The van der Waals surface area contributed by atoms with E-state index < -0.39 is 35.0 Å². The lowest BCUT2D eigenvalue weighted by atomic mass is 9.83. The van der Waals surface area contributed by atoms with Crippen LogP contribution in [0, 0.1) is 11.3 Å². The van der Waals surface area contributed by atoms with Gasteiger partial charge in [0.2, 0.25) is 17.7 Å². The fraction of sp³-hybridized carbons (Fsp3) is 0.353. The molecule has 1 heterocycles. The van der Waals surface area contributed by atoms with Crippen molar-refractivity contribution in [2.75, 3.05) is 11.9 Å². The van der Waals surface area contributed by atoms with Crippen LogP contribution in [0.3, 0.4) is 0 Å². The molecule has 2 amide bonds. The fourth-order valence-corrected chi connectivity index (χ4v) is 6.14. The Balaban J connectivity index is 1.20. The number of nitrogens with zero attached hydrogens (tertiary/aromatic N) is 2. The van der Waals surface area contributed by atoms with Crippen molar-refractivity contribution in [1.29, 1.82) is 0 Å². The molecule has 3 aromatic rings. The van der Waals surface area contributed by atoms with Crippen LogP contribution in [0.15, 0.2) is 84.0 Å². The van der Waals surface area contributed by atoms with E-state index in [0.29, 0.717) is 36.4 Å². The number of ether oxygens (including phenoxy) is 1. The Morgan fingerprint density at radius 3 is 2.41 bits per heavy atom. The third-order valence-electron chi connectivity index (χ3n) is 8.76. The van der Waals surface area contributed by atoms with Gasteiger partial charge in [-0.15, -0.1) is 5.10 Å². The Labute approximate surface area is 253 Å². The molecule has 2 aliphatic carbocycles. The molecule has 0 aromatic heterocycles. The summed E-state index contributed by atoms with van der Waals surface area (Å²) in [6.45, 7) is 0.0459. The van der Waals surface area contributed by atoms with Crippen LogP contribution in [-0.4, -0.2) is 46.3 Å². The molecule has 2 saturated carbocycles. The first-order valence-electron chi connectivity index (χ1n) is 14.8. The number of carboxylic acids is 1. The van der Waals surface area contributed by atoms with Gasteiger partial charge in [-0.3, -0.25) is 14.4 Å². The van der Waals surface area contributed by atoms with Crippen LogP contribution in [-0.2, 0) is 32.1 Å². The monoisotopic (exact) mass is 601 g/mol. The number of benzene rings is 3. The number of nitrogens with one attached hydrogen (secondary N) is 1. The molecule has 0 bridgehead atoms. The van der Waals surface area contributed by atoms with Crippen molar-refractivity contribution in [2.24, 2.45) is 16.4 Å². The molecule has 6 rings (SSSR count). The Kier molecular flexibility index (Phi) is 7.92. The summed E-state index contributed by atoms with van der Waals surface area (Å²) in [5.74, 6) is -5.36. The zero-order valence-corrected chi connectivity index (χ0v) is 24.0. The summed E-state index contributed by atoms with van der Waals surface area (Å²) in [5, 5.41) is 18.2. The number of hydrogen-bond donors (Lipinski definition) is 2. The Bertz CT molecular complexity index is 1590. The highest BCUT2D eigenvalue weighted by Gasteiger charge is 2.50. The van der Waals surface area contributed by atoms with Gasteiger partial charge in [-0.05, 0) is 72.6 Å². The van der Waals surface area contributed by atoms with Crippen molar-refractivity contribution >= 4 is 29.4 Å². The largest absolute Gasteiger partial charge is 0.481 e. The molecular formula is C34H33F2N3O5. The van der Waals surface area contributed by atoms with Gasteiger partial charge >= 0.3 is 5.97 Å². The van der Waals surface area contributed by atoms with Crippen LogP contribution in [0.2, 0.25) is 0 Å². The summed E-state index contributed by atoms with van der Waals surface area (Å²) in [6, 6.07) is 23.4. The number of anilines is 1. The van der Waals surface area contributed by atoms with E-state index in [0.717, 1.165) is 16.7 Å². The Morgan fingerprint density at radius 2 is 1.75 bits per heavy atom. The van der Waals surface area contributed by atoms with E-state index in [-0.39, 0.29) is 38.3 Å². The van der Waals surface area contributed by atoms with Gasteiger partial charge in [0.05, 0.1) is 17.9 Å². The molecule has 228 valence electrons. The number of aliphatic carboxylic acids is 1. The van der Waals surface area contributed by atoms with Gasteiger partial charge in [0.1, 0.15) is 0 Å². The summed E-state index contributed by atoms with van der Waals surface area (Å²) in [7, 11) is 0. The number of hydrazone groups is 1. The van der Waals surface area contributed by atoms with E-state index in [4.69, 9.17) is 4.74 Å². The number of hydrogen-bond acceptors (Lipinski definition) is 5. The number of rotatable bonds is 10. The summed E-state index contributed by atoms with van der Waals surface area (Å²) in [5.41, 5.74) is 2.67. The van der Waals surface area contributed by atoms with Crippen molar-refractivity contribution in [3.05, 3.63) is 101 Å². The molecule has 8 nitrogen and oxygen atoms in total. The van der Waals surface area contributed by atoms with Crippen molar-refractivity contribution in [3.8, 4) is 0 Å². The Morgan fingerprint density at radius 1 is 1.00 bits per heavy atom. The van der Waals surface area contributed by atoms with Gasteiger partial charge in [-0.2, -0.15) is 0 Å². The minimum atomic E-state index is -2.83. The number of carbonyl (C=O) groups excluding carboxylic acids is 2. The van der Waals surface area contributed by atoms with Gasteiger partial charge in [0.15, 0.2) is 6.61 Å². The normalized spacial score (nSPS) is 20.8. The van der Waals surface area contributed by atoms with Gasteiger partial charge in [0.25, 0.3) is 5.91 Å². The Hall–Kier alpha value is -4.60. The third kappa shape index (κ3) is 6.49. The molecule has 2 fully saturated rings.